The van der Waals surface area contributed by atoms with Gasteiger partial charge in [-0.1, -0.05) is 15.9 Å². The van der Waals surface area contributed by atoms with Gasteiger partial charge in [0.1, 0.15) is 5.75 Å². The molecule has 1 amide bonds. The number of carbonyl (C=O) groups is 1. The Bertz CT molecular complexity index is 497. The Morgan fingerprint density at radius 1 is 1.48 bits per heavy atom. The van der Waals surface area contributed by atoms with Gasteiger partial charge in [0.2, 0.25) is 0 Å². The van der Waals surface area contributed by atoms with E-state index in [1.807, 2.05) is 30.9 Å². The van der Waals surface area contributed by atoms with E-state index < -0.39 is 0 Å². The highest BCUT2D eigenvalue weighted by Gasteiger charge is 2.28. The van der Waals surface area contributed by atoms with E-state index in [-0.39, 0.29) is 30.5 Å². The predicted molar refractivity (Wildman–Crippen MR) is 90.3 cm³/mol. The molecule has 1 aliphatic rings. The number of nitrogens with zero attached hydrogens (tertiary/aromatic N) is 1. The smallest absolute Gasteiger partial charge is 0.254 e. The number of hydrogen-bond acceptors (Lipinski definition) is 3. The Morgan fingerprint density at radius 3 is 2.81 bits per heavy atom. The first-order valence-electron chi connectivity index (χ1n) is 6.99. The maximum atomic E-state index is 12.6. The van der Waals surface area contributed by atoms with Crippen LogP contribution in [0.4, 0.5) is 0 Å². The fourth-order valence-corrected chi connectivity index (χ4v) is 3.01. The highest BCUT2D eigenvalue weighted by atomic mass is 79.9. The molecule has 0 bridgehead atoms. The number of likely N-dealkylation sites (tertiary alicyclic amines) is 1. The summed E-state index contributed by atoms with van der Waals surface area (Å²) >= 11 is 3.44. The first kappa shape index (κ1) is 18.3. The topological polar surface area (TPSA) is 55.6 Å². The maximum absolute atomic E-state index is 12.6. The quantitative estimate of drug-likeness (QED) is 0.876. The fraction of sp³-hybridized carbons (Fsp3) is 0.533. The summed E-state index contributed by atoms with van der Waals surface area (Å²) in [4.78, 5) is 14.5. The van der Waals surface area contributed by atoms with Gasteiger partial charge in [-0.2, -0.15) is 0 Å². The van der Waals surface area contributed by atoms with Gasteiger partial charge >= 0.3 is 0 Å². The number of halogens is 2. The third-order valence-corrected chi connectivity index (χ3v) is 3.86. The van der Waals surface area contributed by atoms with Crippen LogP contribution in [0, 0.1) is 0 Å². The van der Waals surface area contributed by atoms with Crippen LogP contribution < -0.4 is 10.5 Å². The predicted octanol–water partition coefficient (Wildman–Crippen LogP) is 3.22. The van der Waals surface area contributed by atoms with Crippen molar-refractivity contribution >= 4 is 34.2 Å². The lowest BCUT2D eigenvalue weighted by molar-refractivity contribution is 0.0740. The Hall–Kier alpha value is -0.780. The highest BCUT2D eigenvalue weighted by molar-refractivity contribution is 9.10. The normalized spacial score (nSPS) is 17.8. The minimum absolute atomic E-state index is 0. The lowest BCUT2D eigenvalue weighted by Crippen LogP contribution is -2.39. The SMILES string of the molecule is CC(C)Oc1cc(Br)cc(C(=O)N2CCCC2CN)c1.Cl. The van der Waals surface area contributed by atoms with Gasteiger partial charge in [0.15, 0.2) is 0 Å². The molecular weight excluding hydrogens is 356 g/mol. The van der Waals surface area contributed by atoms with Crippen molar-refractivity contribution in [1.29, 1.82) is 0 Å². The second kappa shape index (κ2) is 8.01. The van der Waals surface area contributed by atoms with Gasteiger partial charge in [0.25, 0.3) is 5.91 Å². The molecule has 1 saturated heterocycles. The average molecular weight is 378 g/mol. The molecule has 1 aromatic carbocycles. The van der Waals surface area contributed by atoms with Crippen LogP contribution in [-0.2, 0) is 0 Å². The van der Waals surface area contributed by atoms with Crippen molar-refractivity contribution in [2.75, 3.05) is 13.1 Å². The van der Waals surface area contributed by atoms with E-state index >= 15 is 0 Å². The standard InChI is InChI=1S/C15H21BrN2O2.ClH/c1-10(2)20-14-7-11(6-12(16)8-14)15(19)18-5-3-4-13(18)9-17;/h6-8,10,13H,3-5,9,17H2,1-2H3;1H. The summed E-state index contributed by atoms with van der Waals surface area (Å²) in [6, 6.07) is 5.68. The molecule has 2 N–H and O–H groups in total. The summed E-state index contributed by atoms with van der Waals surface area (Å²) in [6.45, 7) is 5.24. The average Bonchev–Trinajstić information content (AvgIpc) is 2.84. The fourth-order valence-electron chi connectivity index (χ4n) is 2.54. The number of nitrogens with two attached hydrogens (primary N) is 1. The molecule has 1 aliphatic heterocycles. The first-order valence-corrected chi connectivity index (χ1v) is 7.79. The second-order valence-corrected chi connectivity index (χ2v) is 6.29. The summed E-state index contributed by atoms with van der Waals surface area (Å²) in [6.07, 6.45) is 2.10. The summed E-state index contributed by atoms with van der Waals surface area (Å²) in [5.74, 6) is 0.745. The van der Waals surface area contributed by atoms with E-state index in [0.29, 0.717) is 17.9 Å². The molecule has 118 valence electrons. The van der Waals surface area contributed by atoms with E-state index in [4.69, 9.17) is 10.5 Å². The largest absolute Gasteiger partial charge is 0.491 e. The molecule has 1 aromatic rings. The zero-order valence-electron chi connectivity index (χ0n) is 12.3. The molecule has 0 aliphatic carbocycles. The summed E-state index contributed by atoms with van der Waals surface area (Å²) < 4.78 is 6.53. The molecule has 0 radical (unpaired) electrons. The van der Waals surface area contributed by atoms with E-state index in [2.05, 4.69) is 15.9 Å². The monoisotopic (exact) mass is 376 g/mol. The van der Waals surface area contributed by atoms with Gasteiger partial charge in [-0.3, -0.25) is 4.79 Å². The molecule has 2 rings (SSSR count). The molecule has 1 fully saturated rings. The zero-order chi connectivity index (χ0) is 14.7. The lowest BCUT2D eigenvalue weighted by Gasteiger charge is -2.24. The molecule has 0 saturated carbocycles. The van der Waals surface area contributed by atoms with Crippen LogP contribution in [0.15, 0.2) is 22.7 Å². The highest BCUT2D eigenvalue weighted by Crippen LogP contribution is 2.26. The van der Waals surface area contributed by atoms with Crippen molar-refractivity contribution in [3.8, 4) is 5.75 Å². The van der Waals surface area contributed by atoms with E-state index in [1.165, 1.54) is 0 Å². The number of hydrogen-bond donors (Lipinski definition) is 1. The minimum atomic E-state index is 0. The van der Waals surface area contributed by atoms with Crippen molar-refractivity contribution in [2.45, 2.75) is 38.8 Å². The molecule has 0 spiro atoms. The van der Waals surface area contributed by atoms with Crippen LogP contribution in [0.1, 0.15) is 37.0 Å². The summed E-state index contributed by atoms with van der Waals surface area (Å²) in [7, 11) is 0. The van der Waals surface area contributed by atoms with Crippen molar-refractivity contribution in [2.24, 2.45) is 5.73 Å². The number of benzene rings is 1. The van der Waals surface area contributed by atoms with Gasteiger partial charge in [-0.05, 0) is 44.9 Å². The maximum Gasteiger partial charge on any atom is 0.254 e. The second-order valence-electron chi connectivity index (χ2n) is 5.37. The zero-order valence-corrected chi connectivity index (χ0v) is 14.7. The molecule has 4 nitrogen and oxygen atoms in total. The Kier molecular flexibility index (Phi) is 6.97. The van der Waals surface area contributed by atoms with Crippen molar-refractivity contribution in [3.63, 3.8) is 0 Å². The number of amides is 1. The minimum Gasteiger partial charge on any atom is -0.491 e. The van der Waals surface area contributed by atoms with Crippen molar-refractivity contribution in [3.05, 3.63) is 28.2 Å². The Morgan fingerprint density at radius 2 is 2.19 bits per heavy atom. The first-order chi connectivity index (χ1) is 9.51. The lowest BCUT2D eigenvalue weighted by atomic mass is 10.1. The van der Waals surface area contributed by atoms with Crippen LogP contribution in [0.25, 0.3) is 0 Å². The van der Waals surface area contributed by atoms with E-state index in [0.717, 1.165) is 23.9 Å². The van der Waals surface area contributed by atoms with Crippen LogP contribution in [0.2, 0.25) is 0 Å². The number of ether oxygens (including phenoxy) is 1. The van der Waals surface area contributed by atoms with Gasteiger partial charge in [0, 0.05) is 29.2 Å². The van der Waals surface area contributed by atoms with Crippen molar-refractivity contribution in [1.82, 2.24) is 4.90 Å². The Labute approximate surface area is 140 Å². The van der Waals surface area contributed by atoms with Crippen LogP contribution in [0.3, 0.4) is 0 Å². The van der Waals surface area contributed by atoms with Gasteiger partial charge in [-0.25, -0.2) is 0 Å². The molecule has 1 heterocycles. The molecule has 0 aromatic heterocycles. The van der Waals surface area contributed by atoms with Crippen LogP contribution in [-0.4, -0.2) is 36.0 Å². The van der Waals surface area contributed by atoms with Crippen LogP contribution >= 0.6 is 28.3 Å². The van der Waals surface area contributed by atoms with Gasteiger partial charge in [-0.15, -0.1) is 12.4 Å². The molecule has 1 atom stereocenters. The summed E-state index contributed by atoms with van der Waals surface area (Å²) in [5.41, 5.74) is 6.39. The van der Waals surface area contributed by atoms with E-state index in [1.54, 1.807) is 6.07 Å². The van der Waals surface area contributed by atoms with Crippen molar-refractivity contribution < 1.29 is 9.53 Å². The third kappa shape index (κ3) is 4.59. The number of carbonyl (C=O) groups excluding carboxylic acids is 1. The number of rotatable bonds is 4. The van der Waals surface area contributed by atoms with Crippen LogP contribution in [0.5, 0.6) is 5.75 Å². The summed E-state index contributed by atoms with van der Waals surface area (Å²) in [5, 5.41) is 0. The molecule has 21 heavy (non-hydrogen) atoms. The molecule has 1 unspecified atom stereocenters. The Balaban J connectivity index is 0.00000220. The van der Waals surface area contributed by atoms with Gasteiger partial charge in [0.05, 0.1) is 6.10 Å². The third-order valence-electron chi connectivity index (χ3n) is 3.40. The molecular formula is C15H22BrClN2O2. The van der Waals surface area contributed by atoms with E-state index in [9.17, 15) is 4.79 Å². The van der Waals surface area contributed by atoms with Gasteiger partial charge < -0.3 is 15.4 Å². The molecule has 6 heteroatoms.